The van der Waals surface area contributed by atoms with Crippen LogP contribution in [0.4, 0.5) is 5.69 Å². The highest BCUT2D eigenvalue weighted by Crippen LogP contribution is 2.22. The topological polar surface area (TPSA) is 78.8 Å². The average molecular weight is 479 g/mol. The molecule has 0 saturated carbocycles. The molecule has 0 bridgehead atoms. The number of halogens is 3. The van der Waals surface area contributed by atoms with Crippen LogP contribution in [0.25, 0.3) is 0 Å². The van der Waals surface area contributed by atoms with Gasteiger partial charge in [-0.3, -0.25) is 9.10 Å². The summed E-state index contributed by atoms with van der Waals surface area (Å²) in [6, 6.07) is 11.5. The number of carbonyl (C=O) groups excluding carboxylic acids is 1. The third-order valence-corrected chi connectivity index (χ3v) is 5.34. The second-order valence-corrected chi connectivity index (χ2v) is 8.87. The molecule has 26 heavy (non-hydrogen) atoms. The lowest BCUT2D eigenvalue weighted by atomic mass is 10.2. The van der Waals surface area contributed by atoms with E-state index in [2.05, 4.69) is 26.5 Å². The average Bonchev–Trinajstić information content (AvgIpc) is 2.53. The molecule has 0 aliphatic rings. The molecular formula is C16H14BrCl2N3O3S. The summed E-state index contributed by atoms with van der Waals surface area (Å²) >= 11 is 15.1. The number of hydrogen-bond acceptors (Lipinski definition) is 4. The summed E-state index contributed by atoms with van der Waals surface area (Å²) in [5.41, 5.74) is 3.20. The second kappa shape index (κ2) is 8.85. The Morgan fingerprint density at radius 1 is 1.27 bits per heavy atom. The van der Waals surface area contributed by atoms with Gasteiger partial charge in [0.15, 0.2) is 0 Å². The van der Waals surface area contributed by atoms with E-state index in [0.717, 1.165) is 10.6 Å². The molecule has 0 unspecified atom stereocenters. The zero-order valence-corrected chi connectivity index (χ0v) is 17.4. The highest BCUT2D eigenvalue weighted by atomic mass is 79.9. The van der Waals surface area contributed by atoms with Gasteiger partial charge in [0, 0.05) is 15.1 Å². The first-order valence-electron chi connectivity index (χ1n) is 7.17. The van der Waals surface area contributed by atoms with Gasteiger partial charge in [-0.1, -0.05) is 51.3 Å². The lowest BCUT2D eigenvalue weighted by Gasteiger charge is -2.21. The summed E-state index contributed by atoms with van der Waals surface area (Å²) in [6.45, 7) is -0.416. The van der Waals surface area contributed by atoms with Gasteiger partial charge in [-0.25, -0.2) is 13.8 Å². The van der Waals surface area contributed by atoms with Crippen LogP contribution >= 0.6 is 39.1 Å². The van der Waals surface area contributed by atoms with Gasteiger partial charge in [0.25, 0.3) is 5.91 Å². The third kappa shape index (κ3) is 5.98. The predicted molar refractivity (Wildman–Crippen MR) is 109 cm³/mol. The fraction of sp³-hybridized carbons (Fsp3) is 0.125. The van der Waals surface area contributed by atoms with E-state index in [1.54, 1.807) is 42.5 Å². The van der Waals surface area contributed by atoms with Crippen molar-refractivity contribution in [1.82, 2.24) is 5.43 Å². The molecule has 0 atom stereocenters. The Hall–Kier alpha value is -1.61. The van der Waals surface area contributed by atoms with E-state index in [1.165, 1.54) is 6.21 Å². The molecule has 1 N–H and O–H groups in total. The molecule has 10 heteroatoms. The summed E-state index contributed by atoms with van der Waals surface area (Å²) in [4.78, 5) is 12.1. The predicted octanol–water partition coefficient (Wildman–Crippen LogP) is 3.67. The maximum atomic E-state index is 12.1. The van der Waals surface area contributed by atoms with Crippen LogP contribution in [0.15, 0.2) is 52.0 Å². The Morgan fingerprint density at radius 3 is 2.62 bits per heavy atom. The molecular weight excluding hydrogens is 465 g/mol. The maximum Gasteiger partial charge on any atom is 0.260 e. The Morgan fingerprint density at radius 2 is 2.00 bits per heavy atom. The Kier molecular flexibility index (Phi) is 7.05. The first kappa shape index (κ1) is 20.7. The van der Waals surface area contributed by atoms with E-state index in [1.807, 2.05) is 0 Å². The number of nitrogens with zero attached hydrogens (tertiary/aromatic N) is 2. The van der Waals surface area contributed by atoms with Gasteiger partial charge in [-0.2, -0.15) is 5.10 Å². The number of sulfonamides is 1. The molecule has 6 nitrogen and oxygen atoms in total. The maximum absolute atomic E-state index is 12.1. The fourth-order valence-corrected chi connectivity index (χ4v) is 3.67. The van der Waals surface area contributed by atoms with E-state index >= 15 is 0 Å². The van der Waals surface area contributed by atoms with E-state index in [-0.39, 0.29) is 0 Å². The minimum atomic E-state index is -3.65. The summed E-state index contributed by atoms with van der Waals surface area (Å²) in [5.74, 6) is -0.600. The van der Waals surface area contributed by atoms with Crippen LogP contribution in [0.2, 0.25) is 10.0 Å². The lowest BCUT2D eigenvalue weighted by molar-refractivity contribution is -0.119. The first-order chi connectivity index (χ1) is 12.2. The van der Waals surface area contributed by atoms with E-state index in [0.29, 0.717) is 25.8 Å². The van der Waals surface area contributed by atoms with Crippen molar-refractivity contribution in [3.05, 3.63) is 62.5 Å². The zero-order valence-electron chi connectivity index (χ0n) is 13.5. The molecule has 0 saturated heterocycles. The van der Waals surface area contributed by atoms with E-state index in [4.69, 9.17) is 23.2 Å². The molecule has 2 rings (SSSR count). The smallest absolute Gasteiger partial charge is 0.260 e. The molecule has 0 radical (unpaired) electrons. The quantitative estimate of drug-likeness (QED) is 0.508. The van der Waals surface area contributed by atoms with Crippen LogP contribution in [0, 0.1) is 0 Å². The van der Waals surface area contributed by atoms with Gasteiger partial charge >= 0.3 is 0 Å². The van der Waals surface area contributed by atoms with Crippen molar-refractivity contribution in [2.75, 3.05) is 17.1 Å². The van der Waals surface area contributed by atoms with Gasteiger partial charge < -0.3 is 0 Å². The number of amides is 1. The molecule has 0 aliphatic heterocycles. The van der Waals surface area contributed by atoms with Crippen LogP contribution in [-0.2, 0) is 14.8 Å². The number of hydrazone groups is 1. The van der Waals surface area contributed by atoms with Crippen LogP contribution in [-0.4, -0.2) is 33.3 Å². The Balaban J connectivity index is 2.09. The van der Waals surface area contributed by atoms with E-state index < -0.39 is 22.5 Å². The van der Waals surface area contributed by atoms with Crippen LogP contribution < -0.4 is 9.73 Å². The third-order valence-electron chi connectivity index (χ3n) is 3.14. The summed E-state index contributed by atoms with van der Waals surface area (Å²) in [6.07, 6.45) is 2.37. The summed E-state index contributed by atoms with van der Waals surface area (Å²) in [7, 11) is -3.65. The van der Waals surface area contributed by atoms with Gasteiger partial charge in [0.05, 0.1) is 23.2 Å². The number of carbonyl (C=O) groups is 1. The van der Waals surface area contributed by atoms with Crippen molar-refractivity contribution < 1.29 is 13.2 Å². The molecule has 0 fully saturated rings. The minimum Gasteiger partial charge on any atom is -0.271 e. The molecule has 2 aromatic rings. The number of benzene rings is 2. The molecule has 0 heterocycles. The highest BCUT2D eigenvalue weighted by Gasteiger charge is 2.20. The van der Waals surface area contributed by atoms with Gasteiger partial charge in [-0.15, -0.1) is 0 Å². The lowest BCUT2D eigenvalue weighted by Crippen LogP contribution is -2.39. The number of nitrogens with one attached hydrogen (secondary N) is 1. The summed E-state index contributed by atoms with van der Waals surface area (Å²) in [5, 5.41) is 4.65. The highest BCUT2D eigenvalue weighted by molar-refractivity contribution is 9.10. The minimum absolute atomic E-state index is 0.363. The molecule has 0 spiro atoms. The van der Waals surface area contributed by atoms with Gasteiger partial charge in [0.1, 0.15) is 6.54 Å². The van der Waals surface area contributed by atoms with Crippen molar-refractivity contribution in [3.63, 3.8) is 0 Å². The van der Waals surface area contributed by atoms with Gasteiger partial charge in [-0.05, 0) is 30.3 Å². The van der Waals surface area contributed by atoms with Gasteiger partial charge in [0.2, 0.25) is 10.0 Å². The van der Waals surface area contributed by atoms with Crippen LogP contribution in [0.1, 0.15) is 5.56 Å². The van der Waals surface area contributed by atoms with Crippen molar-refractivity contribution >= 4 is 67.0 Å². The summed E-state index contributed by atoms with van der Waals surface area (Å²) < 4.78 is 25.7. The molecule has 0 aliphatic carbocycles. The zero-order chi connectivity index (χ0) is 19.3. The largest absolute Gasteiger partial charge is 0.271 e. The Labute approximate surface area is 170 Å². The van der Waals surface area contributed by atoms with Crippen molar-refractivity contribution in [3.8, 4) is 0 Å². The van der Waals surface area contributed by atoms with Crippen LogP contribution in [0.3, 0.4) is 0 Å². The van der Waals surface area contributed by atoms with E-state index in [9.17, 15) is 13.2 Å². The fourth-order valence-electron chi connectivity index (χ4n) is 1.98. The number of anilines is 1. The van der Waals surface area contributed by atoms with Crippen molar-refractivity contribution in [2.45, 2.75) is 0 Å². The molecule has 1 amide bonds. The Bertz CT molecular complexity index is 952. The molecule has 138 valence electrons. The van der Waals surface area contributed by atoms with Crippen molar-refractivity contribution in [2.24, 2.45) is 5.10 Å². The van der Waals surface area contributed by atoms with Crippen LogP contribution in [0.5, 0.6) is 0 Å². The molecule has 2 aromatic carbocycles. The monoisotopic (exact) mass is 477 g/mol. The van der Waals surface area contributed by atoms with Crippen molar-refractivity contribution in [1.29, 1.82) is 0 Å². The molecule has 0 aromatic heterocycles. The first-order valence-corrected chi connectivity index (χ1v) is 10.6. The normalized spacial score (nSPS) is 11.5. The standard InChI is InChI=1S/C16H14BrCl2N3O3S/c1-26(24,25)22(14-4-2-3-12(17)7-14)10-16(23)21-20-9-11-5-6-13(18)8-15(11)19/h2-9H,10H2,1H3,(H,21,23)/b20-9-. The second-order valence-electron chi connectivity index (χ2n) is 5.21. The number of hydrogen-bond donors (Lipinski definition) is 1. The number of rotatable bonds is 6. The SMILES string of the molecule is CS(=O)(=O)N(CC(=O)N/N=C\c1ccc(Cl)cc1Cl)c1cccc(Br)c1.